The van der Waals surface area contributed by atoms with Crippen LogP contribution in [-0.2, 0) is 21.2 Å². The van der Waals surface area contributed by atoms with E-state index in [1.54, 1.807) is 23.1 Å². The lowest BCUT2D eigenvalue weighted by molar-refractivity contribution is -0.121. The van der Waals surface area contributed by atoms with Gasteiger partial charge in [-0.05, 0) is 36.6 Å². The van der Waals surface area contributed by atoms with Gasteiger partial charge in [-0.1, -0.05) is 13.8 Å². The monoisotopic (exact) mass is 330 g/mol. The molecule has 1 N–H and O–H groups in total. The van der Waals surface area contributed by atoms with E-state index < -0.39 is 15.2 Å². The maximum Gasteiger partial charge on any atom is 0.246 e. The summed E-state index contributed by atoms with van der Waals surface area (Å²) in [5.74, 6) is 0.0235. The maximum absolute atomic E-state index is 12.2. The molecule has 0 radical (unpaired) electrons. The van der Waals surface area contributed by atoms with Crippen LogP contribution in [0.4, 0.5) is 11.4 Å². The van der Waals surface area contributed by atoms with Gasteiger partial charge in [0.1, 0.15) is 5.21 Å². The Hall–Kier alpha value is -1.27. The molecular formula is C14H19ClN2O3S. The first-order chi connectivity index (χ1) is 9.84. The minimum Gasteiger partial charge on any atom is -0.312 e. The molecule has 0 spiro atoms. The van der Waals surface area contributed by atoms with Crippen molar-refractivity contribution in [3.63, 3.8) is 0 Å². The van der Waals surface area contributed by atoms with Crippen LogP contribution in [-0.4, -0.2) is 26.1 Å². The van der Waals surface area contributed by atoms with Gasteiger partial charge in [0.15, 0.2) is 0 Å². The van der Waals surface area contributed by atoms with Gasteiger partial charge < -0.3 is 4.90 Å². The molecule has 2 rings (SSSR count). The summed E-state index contributed by atoms with van der Waals surface area (Å²) in [5.41, 5.74) is 2.33. The van der Waals surface area contributed by atoms with E-state index >= 15 is 0 Å². The van der Waals surface area contributed by atoms with Crippen molar-refractivity contribution >= 4 is 38.9 Å². The lowest BCUT2D eigenvalue weighted by atomic mass is 9.99. The fraction of sp³-hybridized carbons (Fsp3) is 0.500. The zero-order valence-corrected chi connectivity index (χ0v) is 13.7. The van der Waals surface area contributed by atoms with Crippen LogP contribution in [0.15, 0.2) is 18.2 Å². The van der Waals surface area contributed by atoms with Gasteiger partial charge in [-0.2, -0.15) is 0 Å². The molecule has 1 amide bonds. The third kappa shape index (κ3) is 3.68. The number of carbonyl (C=O) groups excluding carboxylic acids is 1. The Morgan fingerprint density at radius 2 is 2.14 bits per heavy atom. The number of alkyl halides is 1. The van der Waals surface area contributed by atoms with E-state index in [4.69, 9.17) is 11.6 Å². The van der Waals surface area contributed by atoms with Crippen molar-refractivity contribution in [2.24, 2.45) is 5.92 Å². The number of nitrogens with one attached hydrogen (secondary N) is 1. The highest BCUT2D eigenvalue weighted by Gasteiger charge is 2.24. The summed E-state index contributed by atoms with van der Waals surface area (Å²) in [4.78, 5) is 14.0. The number of halogens is 1. The molecule has 0 saturated heterocycles. The fourth-order valence-corrected chi connectivity index (χ4v) is 3.11. The van der Waals surface area contributed by atoms with Crippen LogP contribution in [0.5, 0.6) is 0 Å². The molecule has 1 aromatic carbocycles. The van der Waals surface area contributed by atoms with E-state index in [2.05, 4.69) is 4.72 Å². The van der Waals surface area contributed by atoms with E-state index in [-0.39, 0.29) is 11.8 Å². The quantitative estimate of drug-likeness (QED) is 0.863. The largest absolute Gasteiger partial charge is 0.312 e. The number of benzene rings is 1. The molecule has 1 aromatic rings. The van der Waals surface area contributed by atoms with E-state index in [1.165, 1.54) is 0 Å². The van der Waals surface area contributed by atoms with E-state index in [1.807, 2.05) is 13.8 Å². The molecule has 0 aliphatic carbocycles. The van der Waals surface area contributed by atoms with Gasteiger partial charge in [0.2, 0.25) is 15.9 Å². The van der Waals surface area contributed by atoms with E-state index in [0.29, 0.717) is 12.2 Å². The van der Waals surface area contributed by atoms with Crippen molar-refractivity contribution in [3.8, 4) is 0 Å². The second kappa shape index (κ2) is 6.23. The average molecular weight is 331 g/mol. The van der Waals surface area contributed by atoms with Crippen LogP contribution in [0.3, 0.4) is 0 Å². The number of fused-ring (bicyclic) bond motifs is 1. The van der Waals surface area contributed by atoms with Crippen molar-refractivity contribution < 1.29 is 13.2 Å². The molecule has 21 heavy (non-hydrogen) atoms. The highest BCUT2D eigenvalue weighted by atomic mass is 35.5. The maximum atomic E-state index is 12.2. The van der Waals surface area contributed by atoms with Gasteiger partial charge in [0.05, 0.1) is 0 Å². The fourth-order valence-electron chi connectivity index (χ4n) is 2.41. The van der Waals surface area contributed by atoms with Gasteiger partial charge in [-0.15, -0.1) is 11.6 Å². The third-order valence-corrected chi connectivity index (χ3v) is 5.07. The molecular weight excluding hydrogens is 312 g/mol. The van der Waals surface area contributed by atoms with Gasteiger partial charge in [0, 0.05) is 23.8 Å². The molecule has 1 aliphatic heterocycles. The summed E-state index contributed by atoms with van der Waals surface area (Å²) in [6.07, 6.45) is 1.70. The molecule has 1 heterocycles. The summed E-state index contributed by atoms with van der Waals surface area (Å²) in [5, 5.41) is -0.484. The Kier molecular flexibility index (Phi) is 4.78. The Morgan fingerprint density at radius 1 is 1.43 bits per heavy atom. The molecule has 5 nitrogen and oxygen atoms in total. The number of hydrogen-bond donors (Lipinski definition) is 1. The van der Waals surface area contributed by atoms with Crippen molar-refractivity contribution in [1.82, 2.24) is 0 Å². The van der Waals surface area contributed by atoms with Crippen molar-refractivity contribution in [2.45, 2.75) is 26.7 Å². The zero-order chi connectivity index (χ0) is 15.6. The first-order valence-electron chi connectivity index (χ1n) is 6.85. The van der Waals surface area contributed by atoms with Gasteiger partial charge in [-0.3, -0.25) is 9.52 Å². The predicted molar refractivity (Wildman–Crippen MR) is 85.2 cm³/mol. The number of anilines is 2. The molecule has 116 valence electrons. The second-order valence-corrected chi connectivity index (χ2v) is 7.72. The number of rotatable bonds is 4. The van der Waals surface area contributed by atoms with Crippen LogP contribution in [0.25, 0.3) is 0 Å². The zero-order valence-electron chi connectivity index (χ0n) is 12.1. The molecule has 0 bridgehead atoms. The molecule has 0 saturated carbocycles. The number of sulfonamides is 1. The topological polar surface area (TPSA) is 66.5 Å². The summed E-state index contributed by atoms with van der Waals surface area (Å²) >= 11 is 5.38. The second-order valence-electron chi connectivity index (χ2n) is 5.42. The van der Waals surface area contributed by atoms with Crippen molar-refractivity contribution in [3.05, 3.63) is 23.8 Å². The molecule has 1 aliphatic rings. The highest BCUT2D eigenvalue weighted by molar-refractivity contribution is 7.93. The lowest BCUT2D eigenvalue weighted by Crippen LogP contribution is -2.38. The highest BCUT2D eigenvalue weighted by Crippen LogP contribution is 2.31. The number of carbonyl (C=O) groups is 1. The molecule has 0 aromatic heterocycles. The van der Waals surface area contributed by atoms with Crippen LogP contribution in [0, 0.1) is 5.92 Å². The first kappa shape index (κ1) is 16.1. The first-order valence-corrected chi connectivity index (χ1v) is 9.03. The summed E-state index contributed by atoms with van der Waals surface area (Å²) in [7, 11) is -3.51. The smallest absolute Gasteiger partial charge is 0.246 e. The van der Waals surface area contributed by atoms with Crippen molar-refractivity contribution in [1.29, 1.82) is 0 Å². The summed E-state index contributed by atoms with van der Waals surface area (Å²) in [6, 6.07) is 5.23. The normalized spacial score (nSPS) is 15.0. The van der Waals surface area contributed by atoms with Gasteiger partial charge in [-0.25, -0.2) is 8.42 Å². The number of amides is 1. The standard InChI is InChI=1S/C14H19ClN2O3S/c1-10(2)14(18)17-7-3-4-11-8-12(5-6-13(11)17)16-21(19,20)9-15/h5-6,8,10,16H,3-4,7,9H2,1-2H3. The lowest BCUT2D eigenvalue weighted by Gasteiger charge is -2.31. The van der Waals surface area contributed by atoms with Crippen LogP contribution >= 0.6 is 11.6 Å². The van der Waals surface area contributed by atoms with Gasteiger partial charge in [0.25, 0.3) is 0 Å². The Morgan fingerprint density at radius 3 is 2.76 bits per heavy atom. The molecule has 0 atom stereocenters. The van der Waals surface area contributed by atoms with Gasteiger partial charge >= 0.3 is 0 Å². The predicted octanol–water partition coefficient (Wildman–Crippen LogP) is 2.56. The van der Waals surface area contributed by atoms with Crippen LogP contribution in [0.2, 0.25) is 0 Å². The molecule has 7 heteroatoms. The third-order valence-electron chi connectivity index (χ3n) is 3.38. The minimum atomic E-state index is -3.51. The average Bonchev–Trinajstić information content (AvgIpc) is 2.45. The minimum absolute atomic E-state index is 0.0645. The number of nitrogens with zero attached hydrogens (tertiary/aromatic N) is 1. The Balaban J connectivity index is 2.31. The Labute approximate surface area is 130 Å². The molecule has 0 fully saturated rings. The molecule has 0 unspecified atom stereocenters. The van der Waals surface area contributed by atoms with Crippen molar-refractivity contribution in [2.75, 3.05) is 21.4 Å². The number of aryl methyl sites for hydroxylation is 1. The Bertz CT molecular complexity index is 644. The SMILES string of the molecule is CC(C)C(=O)N1CCCc2cc(NS(=O)(=O)CCl)ccc21. The van der Waals surface area contributed by atoms with E-state index in [9.17, 15) is 13.2 Å². The summed E-state index contributed by atoms with van der Waals surface area (Å²) < 4.78 is 25.4. The van der Waals surface area contributed by atoms with E-state index in [0.717, 1.165) is 24.1 Å². The summed E-state index contributed by atoms with van der Waals surface area (Å²) in [6.45, 7) is 4.45. The van der Waals surface area contributed by atoms with Crippen LogP contribution in [0.1, 0.15) is 25.8 Å². The van der Waals surface area contributed by atoms with Crippen LogP contribution < -0.4 is 9.62 Å². The number of hydrogen-bond acceptors (Lipinski definition) is 3.